The predicted octanol–water partition coefficient (Wildman–Crippen LogP) is 1.44. The molecule has 2 aromatic heterocycles. The molecule has 1 saturated carbocycles. The minimum absolute atomic E-state index is 0.146. The summed E-state index contributed by atoms with van der Waals surface area (Å²) in [6.07, 6.45) is 7.53. The van der Waals surface area contributed by atoms with Gasteiger partial charge in [-0.1, -0.05) is 12.8 Å². The normalized spacial score (nSPS) is 15.4. The maximum absolute atomic E-state index is 12.4. The van der Waals surface area contributed by atoms with E-state index in [1.165, 1.54) is 22.9 Å². The van der Waals surface area contributed by atoms with Crippen molar-refractivity contribution in [2.24, 2.45) is 7.05 Å². The quantitative estimate of drug-likeness (QED) is 0.786. The molecule has 2 heterocycles. The van der Waals surface area contributed by atoms with Gasteiger partial charge in [0.2, 0.25) is 5.91 Å². The van der Waals surface area contributed by atoms with Gasteiger partial charge in [-0.2, -0.15) is 5.10 Å². The third-order valence-corrected chi connectivity index (χ3v) is 5.15. The molecule has 0 spiro atoms. The van der Waals surface area contributed by atoms with Gasteiger partial charge in [0, 0.05) is 37.1 Å². The van der Waals surface area contributed by atoms with Crippen LogP contribution in [0.1, 0.15) is 60.3 Å². The third-order valence-electron chi connectivity index (χ3n) is 5.15. The van der Waals surface area contributed by atoms with Crippen LogP contribution in [0.5, 0.6) is 0 Å². The molecule has 0 unspecified atom stereocenters. The molecule has 0 saturated heterocycles. The van der Waals surface area contributed by atoms with E-state index in [2.05, 4.69) is 15.7 Å². The Bertz CT molecular complexity index is 924. The van der Waals surface area contributed by atoms with Gasteiger partial charge in [0.15, 0.2) is 0 Å². The van der Waals surface area contributed by atoms with Gasteiger partial charge < -0.3 is 15.2 Å². The number of carbonyl (C=O) groups excluding carboxylic acids is 2. The van der Waals surface area contributed by atoms with Crippen molar-refractivity contribution in [2.75, 3.05) is 0 Å². The maximum Gasteiger partial charge on any atom is 0.252 e. The highest BCUT2D eigenvalue weighted by Gasteiger charge is 2.19. The lowest BCUT2D eigenvalue weighted by Crippen LogP contribution is -2.36. The highest BCUT2D eigenvalue weighted by molar-refractivity contribution is 5.94. The molecule has 1 atom stereocenters. The number of hydrogen-bond donors (Lipinski definition) is 2. The Morgan fingerprint density at radius 2 is 1.96 bits per heavy atom. The summed E-state index contributed by atoms with van der Waals surface area (Å²) in [6, 6.07) is 2.79. The summed E-state index contributed by atoms with van der Waals surface area (Å²) in [5.41, 5.74) is 1.83. The molecule has 8 heteroatoms. The summed E-state index contributed by atoms with van der Waals surface area (Å²) in [4.78, 5) is 37.0. The van der Waals surface area contributed by atoms with Gasteiger partial charge in [-0.05, 0) is 32.8 Å². The molecule has 2 aromatic rings. The van der Waals surface area contributed by atoms with Gasteiger partial charge in [0.05, 0.1) is 17.3 Å². The van der Waals surface area contributed by atoms with Crippen molar-refractivity contribution in [1.82, 2.24) is 25.0 Å². The van der Waals surface area contributed by atoms with Crippen molar-refractivity contribution in [3.63, 3.8) is 0 Å². The highest BCUT2D eigenvalue weighted by atomic mass is 16.2. The predicted molar refractivity (Wildman–Crippen MR) is 105 cm³/mol. The van der Waals surface area contributed by atoms with Crippen molar-refractivity contribution >= 4 is 11.8 Å². The van der Waals surface area contributed by atoms with Crippen LogP contribution < -0.4 is 16.2 Å². The fourth-order valence-electron chi connectivity index (χ4n) is 3.69. The van der Waals surface area contributed by atoms with Crippen molar-refractivity contribution in [3.8, 4) is 0 Å². The van der Waals surface area contributed by atoms with E-state index in [1.807, 2.05) is 27.1 Å². The second kappa shape index (κ2) is 8.41. The number of carbonyl (C=O) groups is 2. The van der Waals surface area contributed by atoms with E-state index in [0.717, 1.165) is 36.9 Å². The zero-order valence-electron chi connectivity index (χ0n) is 16.6. The molecule has 1 aliphatic rings. The zero-order chi connectivity index (χ0) is 20.3. The van der Waals surface area contributed by atoms with Crippen LogP contribution >= 0.6 is 0 Å². The van der Waals surface area contributed by atoms with Crippen LogP contribution in [-0.4, -0.2) is 32.2 Å². The highest BCUT2D eigenvalue weighted by Crippen LogP contribution is 2.18. The minimum Gasteiger partial charge on any atom is -0.349 e. The molecule has 1 fully saturated rings. The molecular formula is C20H27N5O3. The summed E-state index contributed by atoms with van der Waals surface area (Å²) >= 11 is 0. The molecule has 2 N–H and O–H groups in total. The summed E-state index contributed by atoms with van der Waals surface area (Å²) in [5.74, 6) is -0.508. The molecule has 0 aliphatic heterocycles. The smallest absolute Gasteiger partial charge is 0.252 e. The molecule has 0 bridgehead atoms. The Morgan fingerprint density at radius 3 is 2.61 bits per heavy atom. The van der Waals surface area contributed by atoms with Gasteiger partial charge >= 0.3 is 0 Å². The van der Waals surface area contributed by atoms with Crippen molar-refractivity contribution < 1.29 is 9.59 Å². The summed E-state index contributed by atoms with van der Waals surface area (Å²) in [5, 5.41) is 10.2. The Morgan fingerprint density at radius 1 is 1.25 bits per heavy atom. The van der Waals surface area contributed by atoms with Crippen LogP contribution in [0, 0.1) is 6.92 Å². The Labute approximate surface area is 163 Å². The van der Waals surface area contributed by atoms with Gasteiger partial charge in [0.1, 0.15) is 6.54 Å². The molecule has 1 aliphatic carbocycles. The van der Waals surface area contributed by atoms with E-state index in [9.17, 15) is 14.4 Å². The number of pyridine rings is 1. The topological polar surface area (TPSA) is 98.0 Å². The van der Waals surface area contributed by atoms with E-state index >= 15 is 0 Å². The molecule has 2 amide bonds. The molecule has 3 rings (SSSR count). The summed E-state index contributed by atoms with van der Waals surface area (Å²) < 4.78 is 2.96. The molecule has 150 valence electrons. The fourth-order valence-corrected chi connectivity index (χ4v) is 3.69. The first-order chi connectivity index (χ1) is 13.3. The summed E-state index contributed by atoms with van der Waals surface area (Å²) in [7, 11) is 1.83. The van der Waals surface area contributed by atoms with Crippen LogP contribution in [0.3, 0.4) is 0 Å². The van der Waals surface area contributed by atoms with Crippen LogP contribution in [0.4, 0.5) is 0 Å². The first-order valence-electron chi connectivity index (χ1n) is 9.64. The second-order valence-corrected chi connectivity index (χ2v) is 7.47. The van der Waals surface area contributed by atoms with E-state index in [-0.39, 0.29) is 36.0 Å². The number of nitrogens with one attached hydrogen (secondary N) is 2. The van der Waals surface area contributed by atoms with Crippen molar-refractivity contribution in [3.05, 3.63) is 51.7 Å². The van der Waals surface area contributed by atoms with E-state index < -0.39 is 0 Å². The van der Waals surface area contributed by atoms with Gasteiger partial charge in [-0.3, -0.25) is 19.1 Å². The zero-order valence-corrected chi connectivity index (χ0v) is 16.6. The lowest BCUT2D eigenvalue weighted by molar-refractivity contribution is -0.122. The first kappa shape index (κ1) is 19.9. The average molecular weight is 385 g/mol. The number of aryl methyl sites for hydroxylation is 2. The lowest BCUT2D eigenvalue weighted by Gasteiger charge is -2.15. The molecule has 28 heavy (non-hydrogen) atoms. The number of hydrogen-bond acceptors (Lipinski definition) is 4. The van der Waals surface area contributed by atoms with Crippen molar-refractivity contribution in [2.45, 2.75) is 58.2 Å². The Hall–Kier alpha value is -2.90. The fraction of sp³-hybridized carbons (Fsp3) is 0.500. The SMILES string of the molecule is Cc1nn(C)cc1[C@@H](C)NC(=O)Cn1cc(C(=O)NC2CCCC2)ccc1=O. The summed E-state index contributed by atoms with van der Waals surface area (Å²) in [6.45, 7) is 3.61. The number of rotatable bonds is 6. The minimum atomic E-state index is -0.322. The molecule has 0 radical (unpaired) electrons. The third kappa shape index (κ3) is 4.68. The maximum atomic E-state index is 12.4. The molecule has 8 nitrogen and oxygen atoms in total. The second-order valence-electron chi connectivity index (χ2n) is 7.47. The monoisotopic (exact) mass is 385 g/mol. The molecule has 0 aromatic carbocycles. The standard InChI is InChI=1S/C20H27N5O3/c1-13(17-11-24(3)23-14(17)2)21-18(26)12-25-10-15(8-9-19(25)27)20(28)22-16-6-4-5-7-16/h8-11,13,16H,4-7,12H2,1-3H3,(H,21,26)(H,22,28)/t13-/m1/s1. The Kier molecular flexibility index (Phi) is 5.96. The molecular weight excluding hydrogens is 358 g/mol. The van der Waals surface area contributed by atoms with E-state index in [4.69, 9.17) is 0 Å². The number of nitrogens with zero attached hydrogens (tertiary/aromatic N) is 3. The van der Waals surface area contributed by atoms with E-state index in [1.54, 1.807) is 4.68 Å². The van der Waals surface area contributed by atoms with Crippen LogP contribution in [0.15, 0.2) is 29.3 Å². The van der Waals surface area contributed by atoms with Crippen molar-refractivity contribution in [1.29, 1.82) is 0 Å². The van der Waals surface area contributed by atoms with E-state index in [0.29, 0.717) is 5.56 Å². The van der Waals surface area contributed by atoms with Crippen LogP contribution in [0.25, 0.3) is 0 Å². The number of amides is 2. The Balaban J connectivity index is 1.65. The van der Waals surface area contributed by atoms with Gasteiger partial charge in [-0.25, -0.2) is 0 Å². The van der Waals surface area contributed by atoms with Gasteiger partial charge in [-0.15, -0.1) is 0 Å². The lowest BCUT2D eigenvalue weighted by atomic mass is 10.1. The average Bonchev–Trinajstić information content (AvgIpc) is 3.25. The number of aromatic nitrogens is 3. The van der Waals surface area contributed by atoms with Gasteiger partial charge in [0.25, 0.3) is 11.5 Å². The first-order valence-corrected chi connectivity index (χ1v) is 9.64. The van der Waals surface area contributed by atoms with Crippen LogP contribution in [-0.2, 0) is 18.4 Å². The van der Waals surface area contributed by atoms with Crippen LogP contribution in [0.2, 0.25) is 0 Å². The largest absolute Gasteiger partial charge is 0.349 e.